The fraction of sp³-hybridized carbons (Fsp3) is 0.818. The molecule has 0 heterocycles. The van der Waals surface area contributed by atoms with Crippen LogP contribution in [0.2, 0.25) is 0 Å². The number of carboxylic acids is 1. The van der Waals surface area contributed by atoms with Gasteiger partial charge in [0.2, 0.25) is 5.91 Å². The van der Waals surface area contributed by atoms with E-state index in [9.17, 15) is 9.59 Å². The van der Waals surface area contributed by atoms with Crippen molar-refractivity contribution in [3.63, 3.8) is 0 Å². The van der Waals surface area contributed by atoms with Crippen LogP contribution in [-0.4, -0.2) is 47.2 Å². The third-order valence-electron chi connectivity index (χ3n) is 2.02. The number of nitrogens with zero attached hydrogens (tertiary/aromatic N) is 1. The lowest BCUT2D eigenvalue weighted by molar-refractivity contribution is -0.146. The van der Waals surface area contributed by atoms with Crippen molar-refractivity contribution in [1.82, 2.24) is 4.90 Å². The monoisotopic (exact) mass is 231 g/mol. The third-order valence-corrected chi connectivity index (χ3v) is 2.02. The highest BCUT2D eigenvalue weighted by Crippen LogP contribution is 2.02. The Labute approximate surface area is 96.4 Å². The average Bonchev–Trinajstić information content (AvgIpc) is 2.12. The molecule has 1 N–H and O–H groups in total. The summed E-state index contributed by atoms with van der Waals surface area (Å²) in [5, 5.41) is 8.67. The van der Waals surface area contributed by atoms with E-state index in [4.69, 9.17) is 9.84 Å². The lowest BCUT2D eigenvalue weighted by atomic mass is 10.2. The van der Waals surface area contributed by atoms with Gasteiger partial charge < -0.3 is 14.7 Å². The lowest BCUT2D eigenvalue weighted by Gasteiger charge is -2.25. The molecule has 0 saturated heterocycles. The van der Waals surface area contributed by atoms with Crippen LogP contribution in [0.15, 0.2) is 0 Å². The van der Waals surface area contributed by atoms with Crippen LogP contribution in [0.5, 0.6) is 0 Å². The molecular weight excluding hydrogens is 210 g/mol. The van der Waals surface area contributed by atoms with E-state index < -0.39 is 5.97 Å². The maximum Gasteiger partial charge on any atom is 0.323 e. The maximum atomic E-state index is 11.7. The Hall–Kier alpha value is -1.10. The van der Waals surface area contributed by atoms with Crippen molar-refractivity contribution in [2.75, 3.05) is 13.2 Å². The Morgan fingerprint density at radius 3 is 2.19 bits per heavy atom. The van der Waals surface area contributed by atoms with Crippen LogP contribution in [0.3, 0.4) is 0 Å². The van der Waals surface area contributed by atoms with Crippen molar-refractivity contribution in [2.24, 2.45) is 0 Å². The summed E-state index contributed by atoms with van der Waals surface area (Å²) in [5.41, 5.74) is 0. The summed E-state index contributed by atoms with van der Waals surface area (Å²) in [7, 11) is 0. The number of carbonyl (C=O) groups is 2. The summed E-state index contributed by atoms with van der Waals surface area (Å²) >= 11 is 0. The molecule has 0 rings (SSSR count). The average molecular weight is 231 g/mol. The van der Waals surface area contributed by atoms with E-state index >= 15 is 0 Å². The molecule has 0 saturated carbocycles. The molecule has 0 aromatic heterocycles. The van der Waals surface area contributed by atoms with Gasteiger partial charge in [0.1, 0.15) is 6.54 Å². The van der Waals surface area contributed by atoms with E-state index in [2.05, 4.69) is 0 Å². The molecule has 0 aliphatic heterocycles. The quantitative estimate of drug-likeness (QED) is 0.713. The second-order valence-corrected chi connectivity index (χ2v) is 4.18. The highest BCUT2D eigenvalue weighted by molar-refractivity contribution is 5.81. The van der Waals surface area contributed by atoms with Crippen molar-refractivity contribution in [3.8, 4) is 0 Å². The minimum atomic E-state index is -0.994. The maximum absolute atomic E-state index is 11.7. The van der Waals surface area contributed by atoms with Crippen LogP contribution in [0.4, 0.5) is 0 Å². The number of carboxylic acid groups (broad SMARTS) is 1. The van der Waals surface area contributed by atoms with Gasteiger partial charge in [-0.25, -0.2) is 0 Å². The molecule has 0 aromatic carbocycles. The molecule has 0 atom stereocenters. The van der Waals surface area contributed by atoms with E-state index in [-0.39, 0.29) is 31.0 Å². The molecule has 0 spiro atoms. The van der Waals surface area contributed by atoms with Crippen LogP contribution in [0.1, 0.15) is 34.1 Å². The summed E-state index contributed by atoms with van der Waals surface area (Å²) in [5.74, 6) is -1.18. The zero-order valence-electron chi connectivity index (χ0n) is 10.4. The van der Waals surface area contributed by atoms with Crippen LogP contribution < -0.4 is 0 Å². The normalized spacial score (nSPS) is 10.9. The number of hydrogen-bond donors (Lipinski definition) is 1. The fourth-order valence-corrected chi connectivity index (χ4v) is 1.23. The summed E-state index contributed by atoms with van der Waals surface area (Å²) in [6, 6.07) is -0.109. The molecule has 0 aliphatic rings. The van der Waals surface area contributed by atoms with Gasteiger partial charge in [0.15, 0.2) is 0 Å². The zero-order chi connectivity index (χ0) is 12.7. The van der Waals surface area contributed by atoms with Crippen LogP contribution in [0.25, 0.3) is 0 Å². The van der Waals surface area contributed by atoms with Gasteiger partial charge in [-0.2, -0.15) is 0 Å². The number of hydrogen-bond acceptors (Lipinski definition) is 3. The SMILES string of the molecule is CC(C)OCCC(=O)N(CC(=O)O)C(C)C. The van der Waals surface area contributed by atoms with E-state index in [0.29, 0.717) is 6.61 Å². The molecule has 0 fully saturated rings. The van der Waals surface area contributed by atoms with Crippen molar-refractivity contribution in [3.05, 3.63) is 0 Å². The minimum absolute atomic E-state index is 0.0831. The number of rotatable bonds is 7. The lowest BCUT2D eigenvalue weighted by Crippen LogP contribution is -2.41. The molecular formula is C11H21NO4. The van der Waals surface area contributed by atoms with E-state index in [1.165, 1.54) is 4.90 Å². The predicted molar refractivity (Wildman–Crippen MR) is 60.2 cm³/mol. The molecule has 16 heavy (non-hydrogen) atoms. The first kappa shape index (κ1) is 14.9. The first-order chi connectivity index (χ1) is 7.34. The topological polar surface area (TPSA) is 66.8 Å². The van der Waals surface area contributed by atoms with Gasteiger partial charge in [0.25, 0.3) is 0 Å². The predicted octanol–water partition coefficient (Wildman–Crippen LogP) is 1.12. The van der Waals surface area contributed by atoms with Gasteiger partial charge in [-0.3, -0.25) is 9.59 Å². The summed E-state index contributed by atoms with van der Waals surface area (Å²) in [4.78, 5) is 23.6. The number of amides is 1. The summed E-state index contributed by atoms with van der Waals surface area (Å²) in [6.45, 7) is 7.45. The Kier molecular flexibility index (Phi) is 6.72. The van der Waals surface area contributed by atoms with Gasteiger partial charge in [0, 0.05) is 6.04 Å². The first-order valence-corrected chi connectivity index (χ1v) is 5.47. The fourth-order valence-electron chi connectivity index (χ4n) is 1.23. The summed E-state index contributed by atoms with van der Waals surface area (Å²) < 4.78 is 5.25. The zero-order valence-corrected chi connectivity index (χ0v) is 10.4. The highest BCUT2D eigenvalue weighted by atomic mass is 16.5. The van der Waals surface area contributed by atoms with Crippen molar-refractivity contribution in [2.45, 2.75) is 46.3 Å². The molecule has 1 amide bonds. The van der Waals surface area contributed by atoms with Gasteiger partial charge in [0.05, 0.1) is 19.1 Å². The summed E-state index contributed by atoms with van der Waals surface area (Å²) in [6.07, 6.45) is 0.309. The number of carbonyl (C=O) groups excluding carboxylic acids is 1. The van der Waals surface area contributed by atoms with Gasteiger partial charge in [-0.1, -0.05) is 0 Å². The molecule has 5 heteroatoms. The van der Waals surface area contributed by atoms with Gasteiger partial charge in [-0.15, -0.1) is 0 Å². The Balaban J connectivity index is 4.12. The standard InChI is InChI=1S/C11H21NO4/c1-8(2)12(7-11(14)15)10(13)5-6-16-9(3)4/h8-9H,5-7H2,1-4H3,(H,14,15). The van der Waals surface area contributed by atoms with Crippen molar-refractivity contribution in [1.29, 1.82) is 0 Å². The first-order valence-electron chi connectivity index (χ1n) is 5.47. The molecule has 0 unspecified atom stereocenters. The van der Waals surface area contributed by atoms with E-state index in [0.717, 1.165) is 0 Å². The Morgan fingerprint density at radius 2 is 1.81 bits per heavy atom. The molecule has 0 aromatic rings. The largest absolute Gasteiger partial charge is 0.480 e. The van der Waals surface area contributed by atoms with E-state index in [1.54, 1.807) is 13.8 Å². The van der Waals surface area contributed by atoms with Crippen LogP contribution in [-0.2, 0) is 14.3 Å². The third kappa shape index (κ3) is 6.40. The van der Waals surface area contributed by atoms with Crippen molar-refractivity contribution >= 4 is 11.9 Å². The Morgan fingerprint density at radius 1 is 1.25 bits per heavy atom. The molecule has 0 aliphatic carbocycles. The minimum Gasteiger partial charge on any atom is -0.480 e. The van der Waals surface area contributed by atoms with Crippen molar-refractivity contribution < 1.29 is 19.4 Å². The van der Waals surface area contributed by atoms with Gasteiger partial charge >= 0.3 is 5.97 Å². The number of ether oxygens (including phenoxy) is 1. The second-order valence-electron chi connectivity index (χ2n) is 4.18. The van der Waals surface area contributed by atoms with Crippen LogP contribution in [0, 0.1) is 0 Å². The van der Waals surface area contributed by atoms with Crippen LogP contribution >= 0.6 is 0 Å². The smallest absolute Gasteiger partial charge is 0.323 e. The Bertz CT molecular complexity index is 238. The molecule has 94 valence electrons. The van der Waals surface area contributed by atoms with E-state index in [1.807, 2.05) is 13.8 Å². The molecule has 0 radical (unpaired) electrons. The van der Waals surface area contributed by atoms with Gasteiger partial charge in [-0.05, 0) is 27.7 Å². The number of aliphatic carboxylic acids is 1. The second kappa shape index (κ2) is 7.22. The molecule has 0 bridgehead atoms. The molecule has 5 nitrogen and oxygen atoms in total. The highest BCUT2D eigenvalue weighted by Gasteiger charge is 2.19.